The number of hydrogen-bond acceptors (Lipinski definition) is 10. The zero-order chi connectivity index (χ0) is 21.8. The molecule has 0 amide bonds. The molecule has 30 heavy (non-hydrogen) atoms. The van der Waals surface area contributed by atoms with E-state index in [1.54, 1.807) is 0 Å². The molecular weight excluding hydrogens is 635 g/mol. The lowest BCUT2D eigenvalue weighted by Gasteiger charge is -2.54. The van der Waals surface area contributed by atoms with E-state index >= 15 is 0 Å². The van der Waals surface area contributed by atoms with Gasteiger partial charge in [0, 0.05) is 26.2 Å². The van der Waals surface area contributed by atoms with Gasteiger partial charge in [-0.1, -0.05) is 0 Å². The highest BCUT2D eigenvalue weighted by molar-refractivity contribution is 8.19. The van der Waals surface area contributed by atoms with E-state index in [0.717, 1.165) is 25.9 Å². The van der Waals surface area contributed by atoms with Gasteiger partial charge in [0.15, 0.2) is 0 Å². The van der Waals surface area contributed by atoms with E-state index in [-0.39, 0.29) is 0 Å². The van der Waals surface area contributed by atoms with E-state index < -0.39 is 40.3 Å². The molecule has 2 spiro atoms. The molecule has 5 heterocycles. The Balaban J connectivity index is 2.00. The summed E-state index contributed by atoms with van der Waals surface area (Å²) >= 11 is 41.4. The summed E-state index contributed by atoms with van der Waals surface area (Å²) in [5.74, 6) is -6.26. The Bertz CT molecular complexity index is 1080. The van der Waals surface area contributed by atoms with Crippen LogP contribution >= 0.6 is 108 Å². The van der Waals surface area contributed by atoms with Crippen LogP contribution in [0.2, 0.25) is 0 Å². The fourth-order valence-corrected chi connectivity index (χ4v) is 41.2. The maximum absolute atomic E-state index is 7.29. The minimum Gasteiger partial charge on any atom is -0.242 e. The quantitative estimate of drug-likeness (QED) is 0.244. The second kappa shape index (κ2) is 7.73. The number of rotatable bonds is 0. The van der Waals surface area contributed by atoms with Crippen LogP contribution in [0.4, 0.5) is 0 Å². The maximum atomic E-state index is 7.29. The van der Waals surface area contributed by atoms with Crippen molar-refractivity contribution in [1.82, 2.24) is 18.2 Å². The Morgan fingerprint density at radius 1 is 0.533 bits per heavy atom. The lowest BCUT2D eigenvalue weighted by atomic mass is 10.4. The van der Waals surface area contributed by atoms with Crippen LogP contribution in [0.15, 0.2) is 27.1 Å². The average Bonchev–Trinajstić information content (AvgIpc) is 2.55. The van der Waals surface area contributed by atoms with Gasteiger partial charge in [-0.2, -0.15) is 36.0 Å². The third-order valence-electron chi connectivity index (χ3n) is 5.17. The Morgan fingerprint density at radius 3 is 1.27 bits per heavy atom. The van der Waals surface area contributed by atoms with E-state index in [0.29, 0.717) is 13.1 Å². The monoisotopic (exact) mass is 650 g/mol. The minimum absolute atomic E-state index is 0.567. The summed E-state index contributed by atoms with van der Waals surface area (Å²) < 4.78 is 37.3. The topological polar surface area (TPSA) is 87.1 Å². The largest absolute Gasteiger partial charge is 0.257 e. The Labute approximate surface area is 204 Å². The summed E-state index contributed by atoms with van der Waals surface area (Å²) in [6, 6.07) is 0. The van der Waals surface area contributed by atoms with Crippen molar-refractivity contribution in [1.29, 1.82) is 0 Å². The Morgan fingerprint density at radius 2 is 0.900 bits per heavy atom. The highest BCUT2D eigenvalue weighted by atomic mass is 35.9. The minimum atomic E-state index is -3.13. The van der Waals surface area contributed by atoms with Gasteiger partial charge in [-0.05, 0) is 94.4 Å². The van der Waals surface area contributed by atoms with Gasteiger partial charge in [0.25, 0.3) is 11.8 Å². The van der Waals surface area contributed by atoms with E-state index in [1.165, 1.54) is 0 Å². The Hall–Kier alpha value is 2.96. The standard InChI is InChI=1S/C8H18Cl6N10P6/c1-21-5-3-7-23-28(14)16-26(11,12)18-30(20-28)22(2)6-4-8-24(30)27(13)15-25(9,10)17-29(21,23)19-27/h3-8H2,1-2H3/t27-,28+,29+,30-. The van der Waals surface area contributed by atoms with Crippen LogP contribution in [0.25, 0.3) is 0 Å². The van der Waals surface area contributed by atoms with Crippen molar-refractivity contribution in [2.45, 2.75) is 12.8 Å². The van der Waals surface area contributed by atoms with Gasteiger partial charge in [-0.25, -0.2) is 9.34 Å². The third kappa shape index (κ3) is 3.67. The van der Waals surface area contributed by atoms with Crippen molar-refractivity contribution in [3.8, 4) is 0 Å². The summed E-state index contributed by atoms with van der Waals surface area (Å²) in [4.78, 5) is 0. The molecule has 0 aromatic rings. The van der Waals surface area contributed by atoms with Crippen LogP contribution in [-0.2, 0) is 0 Å². The number of fused-ring (bicyclic) bond motifs is 2. The van der Waals surface area contributed by atoms with E-state index in [2.05, 4.69) is 9.03 Å². The molecule has 5 rings (SSSR count). The van der Waals surface area contributed by atoms with Crippen molar-refractivity contribution in [2.75, 3.05) is 40.3 Å². The van der Waals surface area contributed by atoms with Crippen LogP contribution in [-0.4, -0.2) is 58.5 Å². The zero-order valence-corrected chi connectivity index (χ0v) is 25.6. The van der Waals surface area contributed by atoms with Crippen molar-refractivity contribution in [3.05, 3.63) is 0 Å². The van der Waals surface area contributed by atoms with Gasteiger partial charge in [-0.15, -0.1) is 0 Å². The smallest absolute Gasteiger partial charge is 0.242 e. The van der Waals surface area contributed by atoms with Gasteiger partial charge in [-0.3, -0.25) is 0 Å². The van der Waals surface area contributed by atoms with Gasteiger partial charge in [0.05, 0.1) is 0 Å². The second-order valence-corrected chi connectivity index (χ2v) is 30.8. The molecule has 5 aliphatic heterocycles. The summed E-state index contributed by atoms with van der Waals surface area (Å²) in [5.41, 5.74) is 0. The molecule has 4 bridgehead atoms. The van der Waals surface area contributed by atoms with Gasteiger partial charge >= 0.3 is 0 Å². The van der Waals surface area contributed by atoms with Crippen molar-refractivity contribution >= 4 is 108 Å². The molecular formula is C8H18Cl6N10P6. The molecule has 0 radical (unpaired) electrons. The first-order valence-corrected chi connectivity index (χ1v) is 24.1. The molecule has 22 heteroatoms. The van der Waals surface area contributed by atoms with Crippen LogP contribution in [0.1, 0.15) is 12.8 Å². The fraction of sp³-hybridized carbons (Fsp3) is 1.00. The lowest BCUT2D eigenvalue weighted by Crippen LogP contribution is -2.38. The zero-order valence-electron chi connectivity index (χ0n) is 15.7. The molecule has 0 aromatic carbocycles. The highest BCUT2D eigenvalue weighted by Gasteiger charge is 2.58. The van der Waals surface area contributed by atoms with Crippen LogP contribution in [0, 0.1) is 0 Å². The second-order valence-electron chi connectivity index (χ2n) is 7.17. The molecule has 2 fully saturated rings. The van der Waals surface area contributed by atoms with Gasteiger partial charge < -0.3 is 0 Å². The first-order valence-electron chi connectivity index (χ1n) is 8.77. The van der Waals surface area contributed by atoms with Crippen LogP contribution < -0.4 is 0 Å². The average molecular weight is 653 g/mol. The molecule has 0 saturated carbocycles. The number of halogens is 6. The summed E-state index contributed by atoms with van der Waals surface area (Å²) in [7, 11) is -1.93. The number of nitrogens with zero attached hydrogens (tertiary/aromatic N) is 10. The van der Waals surface area contributed by atoms with Crippen LogP contribution in [0.3, 0.4) is 0 Å². The molecule has 0 N–H and O–H groups in total. The van der Waals surface area contributed by atoms with Gasteiger partial charge in [0.1, 0.15) is 0 Å². The molecule has 0 aromatic heterocycles. The molecule has 4 atom stereocenters. The molecule has 0 aliphatic carbocycles. The molecule has 2 saturated heterocycles. The maximum Gasteiger partial charge on any atom is 0.257 e. The summed E-state index contributed by atoms with van der Waals surface area (Å²) in [6.45, 7) is -3.62. The van der Waals surface area contributed by atoms with Crippen molar-refractivity contribution < 1.29 is 0 Å². The molecule has 5 aliphatic rings. The fourth-order valence-electron chi connectivity index (χ4n) is 3.95. The van der Waals surface area contributed by atoms with E-state index in [1.807, 2.05) is 32.3 Å². The van der Waals surface area contributed by atoms with E-state index in [4.69, 9.17) is 85.5 Å². The van der Waals surface area contributed by atoms with Gasteiger partial charge in [0.2, 0.25) is 28.4 Å². The van der Waals surface area contributed by atoms with Crippen molar-refractivity contribution in [2.24, 2.45) is 27.1 Å². The molecule has 0 unspecified atom stereocenters. The lowest BCUT2D eigenvalue weighted by molar-refractivity contribution is 0.418. The van der Waals surface area contributed by atoms with Crippen molar-refractivity contribution in [3.63, 3.8) is 0 Å². The predicted molar refractivity (Wildman–Crippen MR) is 139 cm³/mol. The van der Waals surface area contributed by atoms with Crippen LogP contribution in [0.5, 0.6) is 0 Å². The van der Waals surface area contributed by atoms with E-state index in [9.17, 15) is 0 Å². The Kier molecular flexibility index (Phi) is 6.35. The first-order chi connectivity index (χ1) is 13.8. The SMILES string of the molecule is CN1CCCN2[P@@]3(Cl)=N[P@@]4(=NP(Cl)(Cl)=N3)N(C)CCCN4[P@]3(Cl)=N[P@]12=NP(Cl)(Cl)=N3. The highest BCUT2D eigenvalue weighted by Crippen LogP contribution is 2.98. The third-order valence-corrected chi connectivity index (χ3v) is 33.5. The predicted octanol–water partition coefficient (Wildman–Crippen LogP) is 10.4. The number of hydrogen-bond donors (Lipinski definition) is 0. The summed E-state index contributed by atoms with van der Waals surface area (Å²) in [6.07, 6.45) is 1.64. The normalized spacial score (nSPS) is 48.0. The molecule has 172 valence electrons. The first kappa shape index (κ1) is 24.6. The summed E-state index contributed by atoms with van der Waals surface area (Å²) in [5, 5.41) is 0. The molecule has 10 nitrogen and oxygen atoms in total.